The standard InChI is InChI=1S/C11H18N4O/c12-11(16)8-2-1-3-9(6-8)15-7-10-13-4-5-14-10/h4-5,8-9,15H,1-3,6-7H2,(H2,12,16)(H,13,14). The molecule has 0 radical (unpaired) electrons. The number of aromatic amines is 1. The summed E-state index contributed by atoms with van der Waals surface area (Å²) in [5.41, 5.74) is 5.33. The van der Waals surface area contributed by atoms with E-state index in [1.165, 1.54) is 0 Å². The fourth-order valence-electron chi connectivity index (χ4n) is 2.27. The Balaban J connectivity index is 1.79. The highest BCUT2D eigenvalue weighted by Crippen LogP contribution is 2.23. The number of rotatable bonds is 4. The van der Waals surface area contributed by atoms with Gasteiger partial charge in [0.25, 0.3) is 0 Å². The minimum atomic E-state index is -0.163. The second-order valence-electron chi connectivity index (χ2n) is 4.38. The van der Waals surface area contributed by atoms with Gasteiger partial charge in [0.05, 0.1) is 6.54 Å². The van der Waals surface area contributed by atoms with Gasteiger partial charge in [0.15, 0.2) is 0 Å². The van der Waals surface area contributed by atoms with E-state index < -0.39 is 0 Å². The van der Waals surface area contributed by atoms with Crippen molar-refractivity contribution in [3.05, 3.63) is 18.2 Å². The van der Waals surface area contributed by atoms with Crippen molar-refractivity contribution in [2.75, 3.05) is 0 Å². The zero-order valence-electron chi connectivity index (χ0n) is 9.28. The lowest BCUT2D eigenvalue weighted by atomic mass is 9.85. The minimum Gasteiger partial charge on any atom is -0.369 e. The average molecular weight is 222 g/mol. The number of amides is 1. The molecule has 16 heavy (non-hydrogen) atoms. The molecule has 2 unspecified atom stereocenters. The van der Waals surface area contributed by atoms with Crippen LogP contribution in [0.1, 0.15) is 31.5 Å². The number of nitrogens with one attached hydrogen (secondary N) is 2. The maximum atomic E-state index is 11.1. The molecular weight excluding hydrogens is 204 g/mol. The summed E-state index contributed by atoms with van der Waals surface area (Å²) in [5, 5.41) is 3.41. The monoisotopic (exact) mass is 222 g/mol. The molecule has 1 aliphatic carbocycles. The second-order valence-corrected chi connectivity index (χ2v) is 4.38. The van der Waals surface area contributed by atoms with Crippen molar-refractivity contribution in [2.24, 2.45) is 11.7 Å². The SMILES string of the molecule is NC(=O)C1CCCC(NCc2ncc[nH]2)C1. The topological polar surface area (TPSA) is 83.8 Å². The van der Waals surface area contributed by atoms with Crippen molar-refractivity contribution in [3.8, 4) is 0 Å². The zero-order chi connectivity index (χ0) is 11.4. The van der Waals surface area contributed by atoms with Crippen LogP contribution in [0.3, 0.4) is 0 Å². The van der Waals surface area contributed by atoms with E-state index in [9.17, 15) is 4.79 Å². The van der Waals surface area contributed by atoms with Gasteiger partial charge in [-0.15, -0.1) is 0 Å². The highest BCUT2D eigenvalue weighted by molar-refractivity contribution is 5.76. The number of carbonyl (C=O) groups is 1. The molecule has 0 bridgehead atoms. The average Bonchev–Trinajstić information content (AvgIpc) is 2.79. The molecule has 2 atom stereocenters. The molecule has 0 aliphatic heterocycles. The smallest absolute Gasteiger partial charge is 0.220 e. The summed E-state index contributed by atoms with van der Waals surface area (Å²) >= 11 is 0. The van der Waals surface area contributed by atoms with Crippen LogP contribution in [0.2, 0.25) is 0 Å². The Bertz CT molecular complexity index is 336. The van der Waals surface area contributed by atoms with Crippen LogP contribution in [-0.2, 0) is 11.3 Å². The van der Waals surface area contributed by atoms with Crippen LogP contribution in [0, 0.1) is 5.92 Å². The Morgan fingerprint density at radius 3 is 3.19 bits per heavy atom. The van der Waals surface area contributed by atoms with Crippen molar-refractivity contribution in [3.63, 3.8) is 0 Å². The van der Waals surface area contributed by atoms with E-state index in [1.54, 1.807) is 6.20 Å². The molecule has 4 N–H and O–H groups in total. The van der Waals surface area contributed by atoms with Gasteiger partial charge in [-0.2, -0.15) is 0 Å². The molecule has 0 aromatic carbocycles. The number of nitrogens with two attached hydrogens (primary N) is 1. The van der Waals surface area contributed by atoms with Gasteiger partial charge in [0, 0.05) is 24.4 Å². The molecule has 2 rings (SSSR count). The number of carbonyl (C=O) groups excluding carboxylic acids is 1. The Kier molecular flexibility index (Phi) is 3.56. The summed E-state index contributed by atoms with van der Waals surface area (Å²) in [6.45, 7) is 0.725. The van der Waals surface area contributed by atoms with Crippen molar-refractivity contribution in [1.29, 1.82) is 0 Å². The second kappa shape index (κ2) is 5.12. The van der Waals surface area contributed by atoms with Gasteiger partial charge < -0.3 is 16.0 Å². The molecule has 1 aliphatic rings. The third kappa shape index (κ3) is 2.82. The molecule has 1 heterocycles. The van der Waals surface area contributed by atoms with E-state index in [4.69, 9.17) is 5.73 Å². The quantitative estimate of drug-likeness (QED) is 0.695. The van der Waals surface area contributed by atoms with Gasteiger partial charge in [-0.05, 0) is 19.3 Å². The van der Waals surface area contributed by atoms with Crippen LogP contribution in [0.15, 0.2) is 12.4 Å². The predicted octanol–water partition coefficient (Wildman–Crippen LogP) is 0.543. The van der Waals surface area contributed by atoms with E-state index in [0.29, 0.717) is 6.04 Å². The van der Waals surface area contributed by atoms with Crippen LogP contribution in [0.4, 0.5) is 0 Å². The fraction of sp³-hybridized carbons (Fsp3) is 0.636. The Hall–Kier alpha value is -1.36. The maximum Gasteiger partial charge on any atom is 0.220 e. The summed E-state index contributed by atoms with van der Waals surface area (Å²) in [6, 6.07) is 0.386. The number of aromatic nitrogens is 2. The normalized spacial score (nSPS) is 25.5. The highest BCUT2D eigenvalue weighted by Gasteiger charge is 2.25. The first-order valence-corrected chi connectivity index (χ1v) is 5.76. The molecule has 1 fully saturated rings. The Morgan fingerprint density at radius 1 is 1.62 bits per heavy atom. The summed E-state index contributed by atoms with van der Waals surface area (Å²) in [7, 11) is 0. The predicted molar refractivity (Wildman–Crippen MR) is 60.4 cm³/mol. The minimum absolute atomic E-state index is 0.0443. The molecule has 1 amide bonds. The molecule has 5 nitrogen and oxygen atoms in total. The van der Waals surface area contributed by atoms with E-state index in [-0.39, 0.29) is 11.8 Å². The van der Waals surface area contributed by atoms with E-state index in [0.717, 1.165) is 38.1 Å². The lowest BCUT2D eigenvalue weighted by molar-refractivity contribution is -0.122. The first kappa shape index (κ1) is 11.1. The summed E-state index contributed by atoms with van der Waals surface area (Å²) in [6.07, 6.45) is 7.53. The molecular formula is C11H18N4O. The molecule has 1 aromatic heterocycles. The maximum absolute atomic E-state index is 11.1. The van der Waals surface area contributed by atoms with Crippen molar-refractivity contribution < 1.29 is 4.79 Å². The van der Waals surface area contributed by atoms with E-state index in [2.05, 4.69) is 15.3 Å². The molecule has 0 saturated heterocycles. The van der Waals surface area contributed by atoms with Gasteiger partial charge in [-0.3, -0.25) is 4.79 Å². The summed E-state index contributed by atoms with van der Waals surface area (Å²) in [4.78, 5) is 18.3. The third-order valence-electron chi connectivity index (χ3n) is 3.19. The fourth-order valence-corrected chi connectivity index (χ4v) is 2.27. The largest absolute Gasteiger partial charge is 0.369 e. The van der Waals surface area contributed by atoms with Crippen LogP contribution in [-0.4, -0.2) is 21.9 Å². The van der Waals surface area contributed by atoms with Crippen molar-refractivity contribution in [2.45, 2.75) is 38.3 Å². The number of hydrogen-bond donors (Lipinski definition) is 3. The summed E-state index contributed by atoms with van der Waals surface area (Å²) in [5.74, 6) is 0.813. The number of primary amides is 1. The first-order valence-electron chi connectivity index (χ1n) is 5.76. The van der Waals surface area contributed by atoms with Gasteiger partial charge in [-0.1, -0.05) is 6.42 Å². The highest BCUT2D eigenvalue weighted by atomic mass is 16.1. The first-order chi connectivity index (χ1) is 7.75. The van der Waals surface area contributed by atoms with Crippen molar-refractivity contribution >= 4 is 5.91 Å². The molecule has 5 heteroatoms. The van der Waals surface area contributed by atoms with Crippen molar-refractivity contribution in [1.82, 2.24) is 15.3 Å². The van der Waals surface area contributed by atoms with Gasteiger partial charge >= 0.3 is 0 Å². The molecule has 88 valence electrons. The molecule has 0 spiro atoms. The van der Waals surface area contributed by atoms with Gasteiger partial charge in [0.1, 0.15) is 5.82 Å². The Labute approximate surface area is 94.8 Å². The third-order valence-corrected chi connectivity index (χ3v) is 3.19. The van der Waals surface area contributed by atoms with Gasteiger partial charge in [-0.25, -0.2) is 4.98 Å². The lowest BCUT2D eigenvalue weighted by Crippen LogP contribution is -2.38. The Morgan fingerprint density at radius 2 is 2.50 bits per heavy atom. The number of hydrogen-bond acceptors (Lipinski definition) is 3. The van der Waals surface area contributed by atoms with Crippen LogP contribution >= 0.6 is 0 Å². The molecule has 1 aromatic rings. The van der Waals surface area contributed by atoms with E-state index in [1.807, 2.05) is 6.20 Å². The lowest BCUT2D eigenvalue weighted by Gasteiger charge is -2.27. The van der Waals surface area contributed by atoms with Crippen LogP contribution in [0.5, 0.6) is 0 Å². The summed E-state index contributed by atoms with van der Waals surface area (Å²) < 4.78 is 0. The van der Waals surface area contributed by atoms with E-state index >= 15 is 0 Å². The number of H-pyrrole nitrogens is 1. The number of nitrogens with zero attached hydrogens (tertiary/aromatic N) is 1. The molecule has 1 saturated carbocycles. The van der Waals surface area contributed by atoms with Crippen LogP contribution < -0.4 is 11.1 Å². The van der Waals surface area contributed by atoms with Gasteiger partial charge in [0.2, 0.25) is 5.91 Å². The number of imidazole rings is 1. The van der Waals surface area contributed by atoms with Crippen LogP contribution in [0.25, 0.3) is 0 Å². The zero-order valence-corrected chi connectivity index (χ0v) is 9.28.